The summed E-state index contributed by atoms with van der Waals surface area (Å²) in [6.45, 7) is 5.29. The summed E-state index contributed by atoms with van der Waals surface area (Å²) in [6.07, 6.45) is -2.11. The fraction of sp³-hybridized carbons (Fsp3) is 0.250. The molecule has 2 aromatic heterocycles. The first-order chi connectivity index (χ1) is 33.6. The minimum atomic E-state index is -1.16. The normalized spacial score (nSPS) is 17.0. The molecule has 0 saturated carbocycles. The van der Waals surface area contributed by atoms with Crippen LogP contribution in [0, 0.1) is 5.92 Å². The molecule has 5 atom stereocenters. The molecular formula is C56H54N4O8S. The van der Waals surface area contributed by atoms with Gasteiger partial charge in [0.15, 0.2) is 5.65 Å². The molecule has 0 spiro atoms. The average molecular weight is 943 g/mol. The summed E-state index contributed by atoms with van der Waals surface area (Å²) in [6, 6.07) is 55.4. The Morgan fingerprint density at radius 3 is 1.68 bits per heavy atom. The average Bonchev–Trinajstić information content (AvgIpc) is 3.98. The number of fused-ring (bicyclic) bond motifs is 1. The maximum absolute atomic E-state index is 14.6. The molecule has 6 aromatic carbocycles. The molecule has 0 radical (unpaired) electrons. The van der Waals surface area contributed by atoms with Gasteiger partial charge in [-0.05, 0) is 77.4 Å². The number of nitrogens with zero attached hydrogens (tertiary/aromatic N) is 2. The van der Waals surface area contributed by atoms with Gasteiger partial charge in [0, 0.05) is 12.8 Å². The molecule has 69 heavy (non-hydrogen) atoms. The maximum atomic E-state index is 14.6. The monoisotopic (exact) mass is 942 g/mol. The van der Waals surface area contributed by atoms with Crippen LogP contribution >= 0.6 is 11.3 Å². The van der Waals surface area contributed by atoms with Crippen molar-refractivity contribution in [2.75, 3.05) is 19.5 Å². The van der Waals surface area contributed by atoms with Gasteiger partial charge in [-0.2, -0.15) is 4.98 Å². The highest BCUT2D eigenvalue weighted by Crippen LogP contribution is 2.48. The van der Waals surface area contributed by atoms with Crippen molar-refractivity contribution >= 4 is 33.6 Å². The minimum Gasteiger partial charge on any atom is -0.497 e. The molecule has 0 amide bonds. The Labute approximate surface area is 404 Å². The Kier molecular flexibility index (Phi) is 13.6. The van der Waals surface area contributed by atoms with Gasteiger partial charge < -0.3 is 29.0 Å². The van der Waals surface area contributed by atoms with E-state index in [1.807, 2.05) is 184 Å². The number of rotatable bonds is 17. The van der Waals surface area contributed by atoms with E-state index in [-0.39, 0.29) is 16.3 Å². The molecule has 0 aliphatic carbocycles. The van der Waals surface area contributed by atoms with Gasteiger partial charge in [-0.3, -0.25) is 23.9 Å². The van der Waals surface area contributed by atoms with Crippen LogP contribution in [0.15, 0.2) is 179 Å². The van der Waals surface area contributed by atoms with Crippen LogP contribution < -0.4 is 25.2 Å². The van der Waals surface area contributed by atoms with Crippen molar-refractivity contribution in [1.82, 2.24) is 14.5 Å². The molecule has 9 rings (SSSR count). The molecule has 0 unspecified atom stereocenters. The van der Waals surface area contributed by atoms with E-state index in [2.05, 4.69) is 10.3 Å². The molecule has 1 aliphatic heterocycles. The number of benzene rings is 6. The highest BCUT2D eigenvalue weighted by Gasteiger charge is 2.49. The maximum Gasteiger partial charge on any atom is 0.311 e. The molecule has 1 aliphatic rings. The quantitative estimate of drug-likeness (QED) is 0.0669. The summed E-state index contributed by atoms with van der Waals surface area (Å²) >= 11 is 0.801. The number of hydrogen-bond donors (Lipinski definition) is 2. The van der Waals surface area contributed by atoms with Gasteiger partial charge in [0.25, 0.3) is 5.56 Å². The fourth-order valence-corrected chi connectivity index (χ4v) is 10.7. The second-order valence-corrected chi connectivity index (χ2v) is 18.1. The second kappa shape index (κ2) is 20.1. The molecule has 13 heteroatoms. The molecule has 12 nitrogen and oxygen atoms in total. The standard InChI is InChI=1S/C56H54N4O8S/c1-6-47(66-37(3)61)48-35-46(36(2)68-56(41-23-15-9-16-24-41,42-25-17-10-18-26-42)43-29-33-45(65-5)34-30-43)52(67-48)60-50-49(69-54(60)63)51(62)58-53(57-50)59-55(38-19-11-7-12-20-38,39-21-13-8-14-22-39)40-27-31-44(64-4)32-28-40/h7-34,36,46-48,52H,6,35H2,1-5H3,(H2,57,58,59,62)/t36-,46+,47+,48+,52-/m1/s1. The van der Waals surface area contributed by atoms with E-state index in [0.29, 0.717) is 24.3 Å². The third kappa shape index (κ3) is 8.96. The fourth-order valence-electron chi connectivity index (χ4n) is 9.84. The molecule has 352 valence electrons. The predicted molar refractivity (Wildman–Crippen MR) is 268 cm³/mol. The van der Waals surface area contributed by atoms with Crippen molar-refractivity contribution in [1.29, 1.82) is 0 Å². The van der Waals surface area contributed by atoms with E-state index >= 15 is 0 Å². The highest BCUT2D eigenvalue weighted by atomic mass is 32.1. The van der Waals surface area contributed by atoms with Crippen molar-refractivity contribution in [3.8, 4) is 11.5 Å². The summed E-state index contributed by atoms with van der Waals surface area (Å²) in [5.74, 6) is 0.514. The topological polar surface area (TPSA) is 143 Å². The van der Waals surface area contributed by atoms with Crippen LogP contribution in [0.3, 0.4) is 0 Å². The van der Waals surface area contributed by atoms with E-state index in [1.165, 1.54) is 11.5 Å². The van der Waals surface area contributed by atoms with Crippen molar-refractivity contribution < 1.29 is 28.5 Å². The predicted octanol–water partition coefficient (Wildman–Crippen LogP) is 10.2. The Morgan fingerprint density at radius 2 is 1.20 bits per heavy atom. The van der Waals surface area contributed by atoms with Crippen molar-refractivity contribution in [3.63, 3.8) is 0 Å². The number of aromatic amines is 1. The van der Waals surface area contributed by atoms with E-state index in [9.17, 15) is 14.4 Å². The molecule has 8 aromatic rings. The first-order valence-electron chi connectivity index (χ1n) is 23.0. The largest absolute Gasteiger partial charge is 0.497 e. The third-order valence-corrected chi connectivity index (χ3v) is 14.1. The van der Waals surface area contributed by atoms with Crippen molar-refractivity contribution in [3.05, 3.63) is 223 Å². The highest BCUT2D eigenvalue weighted by molar-refractivity contribution is 7.16. The number of aromatic nitrogens is 3. The molecule has 1 fully saturated rings. The lowest BCUT2D eigenvalue weighted by Crippen LogP contribution is -2.40. The van der Waals surface area contributed by atoms with Gasteiger partial charge in [-0.15, -0.1) is 0 Å². The molecular weight excluding hydrogens is 889 g/mol. The zero-order chi connectivity index (χ0) is 48.1. The number of nitrogens with one attached hydrogen (secondary N) is 2. The SMILES string of the molecule is CC[C@H](OC(C)=O)[C@@H]1C[C@@H]([C@@H](C)OC(c2ccccc2)(c2ccccc2)c2ccc(OC)cc2)[C@H](n2c(=O)sc3c(=O)[nH]c(NC(c4ccccc4)(c4ccccc4)c4ccc(OC)cc4)nc32)O1. The number of esters is 1. The zero-order valence-electron chi connectivity index (χ0n) is 39.0. The van der Waals surface area contributed by atoms with Crippen LogP contribution in [-0.4, -0.2) is 53.0 Å². The van der Waals surface area contributed by atoms with E-state index in [4.69, 9.17) is 28.7 Å². The Hall–Kier alpha value is -7.32. The van der Waals surface area contributed by atoms with Crippen LogP contribution in [0.4, 0.5) is 5.95 Å². The summed E-state index contributed by atoms with van der Waals surface area (Å²) in [7, 11) is 3.25. The van der Waals surface area contributed by atoms with Gasteiger partial charge in [-0.25, -0.2) is 0 Å². The second-order valence-electron chi connectivity index (χ2n) is 17.1. The van der Waals surface area contributed by atoms with Crippen molar-refractivity contribution in [2.45, 2.75) is 69.3 Å². The molecule has 1 saturated heterocycles. The Balaban J connectivity index is 1.21. The molecule has 2 N–H and O–H groups in total. The number of hydrogen-bond acceptors (Lipinski definition) is 11. The van der Waals surface area contributed by atoms with Crippen LogP contribution in [0.25, 0.3) is 10.3 Å². The van der Waals surface area contributed by atoms with Crippen LogP contribution in [0.5, 0.6) is 11.5 Å². The van der Waals surface area contributed by atoms with Crippen LogP contribution in [0.2, 0.25) is 0 Å². The summed E-state index contributed by atoms with van der Waals surface area (Å²) in [5.41, 5.74) is 2.57. The number of methoxy groups -OCH3 is 2. The van der Waals surface area contributed by atoms with Gasteiger partial charge >= 0.3 is 10.8 Å². The summed E-state index contributed by atoms with van der Waals surface area (Å²) < 4.78 is 33.2. The third-order valence-electron chi connectivity index (χ3n) is 13.1. The number of thiazole rings is 1. The van der Waals surface area contributed by atoms with Gasteiger partial charge in [-0.1, -0.05) is 164 Å². The van der Waals surface area contributed by atoms with Gasteiger partial charge in [0.05, 0.1) is 26.4 Å². The van der Waals surface area contributed by atoms with Gasteiger partial charge in [0.1, 0.15) is 39.7 Å². The van der Waals surface area contributed by atoms with Crippen LogP contribution in [0.1, 0.15) is 73.2 Å². The van der Waals surface area contributed by atoms with E-state index in [1.54, 1.807) is 14.2 Å². The van der Waals surface area contributed by atoms with Crippen LogP contribution in [-0.2, 0) is 30.1 Å². The lowest BCUT2D eigenvalue weighted by molar-refractivity contribution is -0.157. The number of ether oxygens (including phenoxy) is 5. The lowest BCUT2D eigenvalue weighted by atomic mass is 9.77. The first kappa shape index (κ1) is 46.8. The number of H-pyrrole nitrogens is 1. The number of carbonyl (C=O) groups is 1. The zero-order valence-corrected chi connectivity index (χ0v) is 39.9. The van der Waals surface area contributed by atoms with E-state index in [0.717, 1.165) is 44.7 Å². The smallest absolute Gasteiger partial charge is 0.311 e. The molecule has 3 heterocycles. The van der Waals surface area contributed by atoms with E-state index < -0.39 is 58.0 Å². The Bertz CT molecular complexity index is 3030. The van der Waals surface area contributed by atoms with Gasteiger partial charge in [0.2, 0.25) is 5.95 Å². The first-order valence-corrected chi connectivity index (χ1v) is 23.9. The summed E-state index contributed by atoms with van der Waals surface area (Å²) in [4.78, 5) is 49.2. The number of carbonyl (C=O) groups excluding carboxylic acids is 1. The Morgan fingerprint density at radius 1 is 0.739 bits per heavy atom. The number of anilines is 1. The lowest BCUT2D eigenvalue weighted by Gasteiger charge is -2.40. The molecule has 0 bridgehead atoms. The summed E-state index contributed by atoms with van der Waals surface area (Å²) in [5, 5.41) is 3.67. The van der Waals surface area contributed by atoms with Crippen molar-refractivity contribution in [2.24, 2.45) is 5.92 Å². The minimum absolute atomic E-state index is 0.121.